The fraction of sp³-hybridized carbons (Fsp3) is 0.652. The fourth-order valence-corrected chi connectivity index (χ4v) is 5.29. The van der Waals surface area contributed by atoms with E-state index < -0.39 is 15.7 Å². The van der Waals surface area contributed by atoms with Gasteiger partial charge in [-0.3, -0.25) is 0 Å². The average Bonchev–Trinajstić information content (AvgIpc) is 2.97. The van der Waals surface area contributed by atoms with Gasteiger partial charge < -0.3 is 9.64 Å². The predicted molar refractivity (Wildman–Crippen MR) is 120 cm³/mol. The van der Waals surface area contributed by atoms with Crippen LogP contribution in [0.1, 0.15) is 58.9 Å². The van der Waals surface area contributed by atoms with E-state index in [0.29, 0.717) is 5.92 Å². The number of carbonyl (C=O) groups is 1. The quantitative estimate of drug-likeness (QED) is 0.688. The molecule has 2 fully saturated rings. The number of benzene rings is 1. The van der Waals surface area contributed by atoms with Crippen molar-refractivity contribution in [2.24, 2.45) is 5.92 Å². The second-order valence-electron chi connectivity index (χ2n) is 8.44. The van der Waals surface area contributed by atoms with Crippen molar-refractivity contribution in [3.8, 4) is 0 Å². The molecule has 0 radical (unpaired) electrons. The number of nitrogens with one attached hydrogen (secondary N) is 1. The van der Waals surface area contributed by atoms with Gasteiger partial charge in [0.15, 0.2) is 4.75 Å². The number of methoxy groups -OCH3 is 1. The summed E-state index contributed by atoms with van der Waals surface area (Å²) in [5, 5.41) is 0. The van der Waals surface area contributed by atoms with Crippen molar-refractivity contribution in [3.05, 3.63) is 42.8 Å². The largest absolute Gasteiger partial charge is 0.453 e. The fourth-order valence-electron chi connectivity index (χ4n) is 4.42. The van der Waals surface area contributed by atoms with E-state index in [2.05, 4.69) is 23.8 Å². The van der Waals surface area contributed by atoms with E-state index in [-0.39, 0.29) is 24.2 Å². The highest BCUT2D eigenvalue weighted by Gasteiger charge is 2.46. The van der Waals surface area contributed by atoms with Crippen molar-refractivity contribution < 1.29 is 13.7 Å². The van der Waals surface area contributed by atoms with Crippen LogP contribution >= 0.6 is 0 Å². The van der Waals surface area contributed by atoms with Crippen LogP contribution in [0.25, 0.3) is 0 Å². The van der Waals surface area contributed by atoms with Crippen molar-refractivity contribution in [3.63, 3.8) is 0 Å². The minimum Gasteiger partial charge on any atom is -0.453 e. The van der Waals surface area contributed by atoms with E-state index in [0.717, 1.165) is 32.1 Å². The molecule has 1 unspecified atom stereocenters. The maximum absolute atomic E-state index is 12.8. The van der Waals surface area contributed by atoms with Crippen LogP contribution in [0.3, 0.4) is 0 Å². The molecule has 1 aromatic carbocycles. The Kier molecular flexibility index (Phi) is 8.58. The lowest BCUT2D eigenvalue weighted by atomic mass is 9.83. The van der Waals surface area contributed by atoms with Gasteiger partial charge in [0.05, 0.1) is 14.0 Å². The zero-order valence-corrected chi connectivity index (χ0v) is 19.3. The van der Waals surface area contributed by atoms with Gasteiger partial charge in [-0.15, -0.1) is 0 Å². The van der Waals surface area contributed by atoms with Gasteiger partial charge in [0.2, 0.25) is 0 Å². The van der Waals surface area contributed by atoms with Crippen molar-refractivity contribution >= 4 is 17.1 Å². The van der Waals surface area contributed by atoms with Crippen molar-refractivity contribution in [2.45, 2.75) is 82.7 Å². The first kappa shape index (κ1) is 23.7. The Balaban J connectivity index is 0.00000145. The lowest BCUT2D eigenvalue weighted by Gasteiger charge is -2.41. The molecule has 3 rings (SSSR count). The van der Waals surface area contributed by atoms with Crippen LogP contribution in [-0.4, -0.2) is 45.2 Å². The molecule has 5 atom stereocenters. The summed E-state index contributed by atoms with van der Waals surface area (Å²) in [4.78, 5) is 14.1. The molecule has 5 nitrogen and oxygen atoms in total. The Hall–Kier alpha value is -1.53. The molecule has 2 saturated heterocycles. The summed E-state index contributed by atoms with van der Waals surface area (Å²) >= 11 is 0. The second-order valence-corrected chi connectivity index (χ2v) is 10.3. The summed E-state index contributed by atoms with van der Waals surface area (Å²) in [5.41, 5.74) is 1.23. The van der Waals surface area contributed by atoms with Crippen LogP contribution in [0.4, 0.5) is 4.79 Å². The molecule has 1 amide bonds. The maximum atomic E-state index is 12.8. The minimum absolute atomic E-state index is 0.0946. The summed E-state index contributed by atoms with van der Waals surface area (Å²) in [6, 6.07) is 10.9. The summed E-state index contributed by atoms with van der Waals surface area (Å²) < 4.78 is 20.6. The van der Waals surface area contributed by atoms with Crippen LogP contribution in [0.5, 0.6) is 0 Å². The number of amides is 1. The van der Waals surface area contributed by atoms with Gasteiger partial charge in [0.25, 0.3) is 0 Å². The average molecular weight is 422 g/mol. The summed E-state index contributed by atoms with van der Waals surface area (Å²) in [7, 11) is 0.221. The first-order valence-corrected chi connectivity index (χ1v) is 11.9. The zero-order chi connectivity index (χ0) is 21.6. The lowest BCUT2D eigenvalue weighted by Crippen LogP contribution is -2.52. The molecule has 1 aromatic rings. The predicted octanol–water partition coefficient (Wildman–Crippen LogP) is 4.50. The highest BCUT2D eigenvalue weighted by molar-refractivity contribution is 7.84. The van der Waals surface area contributed by atoms with E-state index in [1.54, 1.807) is 0 Å². The number of rotatable bonds is 6. The van der Waals surface area contributed by atoms with E-state index in [4.69, 9.17) is 4.74 Å². The van der Waals surface area contributed by atoms with Crippen molar-refractivity contribution in [2.75, 3.05) is 7.11 Å². The summed E-state index contributed by atoms with van der Waals surface area (Å²) in [6.45, 7) is 11.8. The van der Waals surface area contributed by atoms with Crippen LogP contribution in [0, 0.1) is 12.8 Å². The zero-order valence-electron chi connectivity index (χ0n) is 18.5. The first-order valence-electron chi connectivity index (χ1n) is 10.7. The number of carbonyl (C=O) groups excluding carboxylic acids is 1. The molecule has 0 spiro atoms. The molecule has 0 saturated carbocycles. The number of ether oxygens (including phenoxy) is 1. The van der Waals surface area contributed by atoms with Gasteiger partial charge in [0, 0.05) is 18.1 Å². The van der Waals surface area contributed by atoms with Crippen molar-refractivity contribution in [1.29, 1.82) is 0 Å². The van der Waals surface area contributed by atoms with E-state index >= 15 is 0 Å². The Labute approximate surface area is 179 Å². The third kappa shape index (κ3) is 5.98. The molecule has 0 aliphatic carbocycles. The third-order valence-electron chi connectivity index (χ3n) is 5.78. The van der Waals surface area contributed by atoms with Gasteiger partial charge in [-0.05, 0) is 57.4 Å². The topological polar surface area (TPSA) is 58.6 Å². The number of hydrogen-bond donors (Lipinski definition) is 1. The lowest BCUT2D eigenvalue weighted by molar-refractivity contribution is 0.0651. The summed E-state index contributed by atoms with van der Waals surface area (Å²) in [5.74, 6) is 0.370. The van der Waals surface area contributed by atoms with Crippen LogP contribution in [0.15, 0.2) is 30.3 Å². The Morgan fingerprint density at radius 2 is 1.79 bits per heavy atom. The molecule has 1 N–H and O–H groups in total. The molecule has 2 bridgehead atoms. The van der Waals surface area contributed by atoms with Gasteiger partial charge in [-0.2, -0.15) is 0 Å². The Morgan fingerprint density at radius 1 is 1.24 bits per heavy atom. The minimum atomic E-state index is -1.23. The number of fused-ring (bicyclic) bond motifs is 2. The number of hydrogen-bond acceptors (Lipinski definition) is 3. The Morgan fingerprint density at radius 3 is 2.28 bits per heavy atom. The van der Waals surface area contributed by atoms with Crippen LogP contribution in [0.2, 0.25) is 0 Å². The second kappa shape index (κ2) is 10.5. The third-order valence-corrected chi connectivity index (χ3v) is 7.30. The molecular weight excluding hydrogens is 384 g/mol. The monoisotopic (exact) mass is 421 g/mol. The van der Waals surface area contributed by atoms with E-state index in [1.165, 1.54) is 12.7 Å². The molecule has 2 aliphatic heterocycles. The smallest absolute Gasteiger partial charge is 0.409 e. The molecule has 2 heterocycles. The van der Waals surface area contributed by atoms with Gasteiger partial charge in [0.1, 0.15) is 11.0 Å². The molecule has 6 heteroatoms. The number of nitrogens with zero attached hydrogens (tertiary/aromatic N) is 1. The molecule has 0 aromatic heterocycles. The van der Waals surface area contributed by atoms with Gasteiger partial charge in [-0.25, -0.2) is 13.7 Å². The highest BCUT2D eigenvalue weighted by atomic mass is 32.2. The number of piperidine rings is 1. The summed E-state index contributed by atoms with van der Waals surface area (Å²) in [6.07, 6.45) is 4.51. The Bertz CT molecular complexity index is 660. The van der Waals surface area contributed by atoms with Crippen LogP contribution in [-0.2, 0) is 22.1 Å². The normalized spacial score (nSPS) is 25.6. The van der Waals surface area contributed by atoms with Gasteiger partial charge in [-0.1, -0.05) is 44.2 Å². The SMILES string of the molecule is CC.[CH2+]C(C)(C)[S@](=O)N[C@H](Cc1ccccc1)C1C[C@H]2CC[C@@H](C1)N2C(=O)OC. The van der Waals surface area contributed by atoms with Crippen LogP contribution < -0.4 is 4.72 Å². The van der Waals surface area contributed by atoms with Crippen molar-refractivity contribution in [1.82, 2.24) is 9.62 Å². The standard InChI is InChI=1S/C21H31N2O3S.C2H6/c1-21(2,3)27(25)22-19(12-15-8-6-5-7-9-15)16-13-17-10-11-18(14-16)23(17)20(24)26-4;1-2/h5-9,16-19,22H,1,10-14H2,2-4H3;1-2H3/q+1;/t16?,17-,18+,19-,27+;/m1./s1. The first-order chi connectivity index (χ1) is 13.8. The molecule has 29 heavy (non-hydrogen) atoms. The molecule has 2 aliphatic rings. The van der Waals surface area contributed by atoms with E-state index in [9.17, 15) is 9.00 Å². The molecular formula is C23H37N2O3S+. The highest BCUT2D eigenvalue weighted by Crippen LogP contribution is 2.41. The van der Waals surface area contributed by atoms with Gasteiger partial charge >= 0.3 is 6.09 Å². The molecule has 162 valence electrons. The maximum Gasteiger partial charge on any atom is 0.409 e. The van der Waals surface area contributed by atoms with E-state index in [1.807, 2.05) is 50.8 Å².